The minimum Gasteiger partial charge on any atom is -0.458 e. The average Bonchev–Trinajstić information content (AvgIpc) is 3.79. The van der Waals surface area contributed by atoms with Crippen LogP contribution in [0.25, 0.3) is 0 Å². The Balaban J connectivity index is 1.58. The summed E-state index contributed by atoms with van der Waals surface area (Å²) in [4.78, 5) is 36.9. The maximum absolute atomic E-state index is 12.6. The lowest BCUT2D eigenvalue weighted by Crippen LogP contribution is -2.53. The number of allylic oxidation sites excluding steroid dienone is 2. The summed E-state index contributed by atoms with van der Waals surface area (Å²) < 4.78 is 36.1. The molecule has 11 heteroatoms. The number of carbonyl (C=O) groups is 3. The molecule has 2 N–H and O–H groups in total. The van der Waals surface area contributed by atoms with Crippen LogP contribution in [-0.2, 0) is 42.8 Å². The van der Waals surface area contributed by atoms with E-state index in [-0.39, 0.29) is 66.5 Å². The van der Waals surface area contributed by atoms with Gasteiger partial charge in [-0.15, -0.1) is 0 Å². The van der Waals surface area contributed by atoms with Crippen LogP contribution in [0.4, 0.5) is 0 Å². The molecule has 3 aliphatic heterocycles. The molecule has 48 heavy (non-hydrogen) atoms. The summed E-state index contributed by atoms with van der Waals surface area (Å²) in [6, 6.07) is -0.125. The van der Waals surface area contributed by atoms with Crippen molar-refractivity contribution >= 4 is 17.8 Å². The number of carbonyl (C=O) groups excluding carboxylic acids is 3. The fraction of sp³-hybridized carbons (Fsp3) is 0.757. The summed E-state index contributed by atoms with van der Waals surface area (Å²) in [6.07, 6.45) is 10.4. The summed E-state index contributed by atoms with van der Waals surface area (Å²) in [5.41, 5.74) is 0.564. The van der Waals surface area contributed by atoms with Crippen LogP contribution < -0.4 is 10.6 Å². The van der Waals surface area contributed by atoms with E-state index in [1.165, 1.54) is 6.08 Å². The van der Waals surface area contributed by atoms with E-state index in [0.29, 0.717) is 26.2 Å². The van der Waals surface area contributed by atoms with Crippen LogP contribution in [0.15, 0.2) is 36.0 Å². The lowest BCUT2D eigenvalue weighted by molar-refractivity contribution is -0.226. The van der Waals surface area contributed by atoms with Gasteiger partial charge in [0.25, 0.3) is 0 Å². The minimum absolute atomic E-state index is 0.00529. The molecule has 3 fully saturated rings. The molecule has 272 valence electrons. The molecule has 0 aromatic heterocycles. The monoisotopic (exact) mass is 676 g/mol. The van der Waals surface area contributed by atoms with Gasteiger partial charge in [0.15, 0.2) is 6.29 Å². The van der Waals surface area contributed by atoms with Gasteiger partial charge in [-0.05, 0) is 65.9 Å². The lowest BCUT2D eigenvalue weighted by atomic mass is 9.87. The molecule has 0 bridgehead atoms. The van der Waals surface area contributed by atoms with Crippen molar-refractivity contribution in [3.05, 3.63) is 36.0 Å². The highest BCUT2D eigenvalue weighted by atomic mass is 16.7. The molecule has 1 spiro atoms. The van der Waals surface area contributed by atoms with Crippen LogP contribution in [0.2, 0.25) is 0 Å². The van der Waals surface area contributed by atoms with Crippen LogP contribution in [0.5, 0.6) is 0 Å². The zero-order valence-corrected chi connectivity index (χ0v) is 30.5. The summed E-state index contributed by atoms with van der Waals surface area (Å²) in [5, 5.41) is 6.00. The first kappa shape index (κ1) is 39.9. The van der Waals surface area contributed by atoms with E-state index in [0.717, 1.165) is 24.8 Å². The molecular formula is C37H60N2O9. The quantitative estimate of drug-likeness (QED) is 0.0723. The molecule has 0 radical (unpaired) electrons. The SMILES string of the molecule is CCCNC(=O)C[C@@H]1C[C@@]2(CO2)[C@H](OC(C)OCC)[C@@H](C=CC(C)=CC[C@@H]2O[C@H](C)[C@H](NC(=O)C=CC(C)OC(=O)C(C)C)C[C@@H]2C)O1. The van der Waals surface area contributed by atoms with E-state index < -0.39 is 24.1 Å². The van der Waals surface area contributed by atoms with Gasteiger partial charge >= 0.3 is 5.97 Å². The first-order valence-electron chi connectivity index (χ1n) is 17.8. The zero-order chi connectivity index (χ0) is 35.4. The summed E-state index contributed by atoms with van der Waals surface area (Å²) in [7, 11) is 0. The third-order valence-electron chi connectivity index (χ3n) is 9.04. The predicted octanol–water partition coefficient (Wildman–Crippen LogP) is 4.93. The largest absolute Gasteiger partial charge is 0.458 e. The van der Waals surface area contributed by atoms with Crippen molar-refractivity contribution in [3.63, 3.8) is 0 Å². The van der Waals surface area contributed by atoms with Gasteiger partial charge in [-0.3, -0.25) is 14.4 Å². The van der Waals surface area contributed by atoms with Crippen molar-refractivity contribution in [1.29, 1.82) is 0 Å². The number of esters is 1. The molecule has 3 rings (SSSR count). The first-order valence-corrected chi connectivity index (χ1v) is 17.8. The van der Waals surface area contributed by atoms with E-state index >= 15 is 0 Å². The van der Waals surface area contributed by atoms with Gasteiger partial charge in [0.05, 0.1) is 43.3 Å². The minimum atomic E-state index is -0.492. The van der Waals surface area contributed by atoms with Crippen molar-refractivity contribution in [2.24, 2.45) is 11.8 Å². The van der Waals surface area contributed by atoms with E-state index in [4.69, 9.17) is 28.4 Å². The fourth-order valence-electron chi connectivity index (χ4n) is 6.15. The van der Waals surface area contributed by atoms with Crippen molar-refractivity contribution < 1.29 is 42.8 Å². The van der Waals surface area contributed by atoms with Gasteiger partial charge in [-0.2, -0.15) is 0 Å². The fourth-order valence-corrected chi connectivity index (χ4v) is 6.15. The second-order valence-electron chi connectivity index (χ2n) is 13.8. The maximum atomic E-state index is 12.6. The van der Waals surface area contributed by atoms with Gasteiger partial charge in [0, 0.05) is 25.6 Å². The summed E-state index contributed by atoms with van der Waals surface area (Å²) in [5.74, 6) is -0.556. The van der Waals surface area contributed by atoms with Crippen molar-refractivity contribution in [1.82, 2.24) is 10.6 Å². The molecule has 2 amide bonds. The standard InChI is InChI=1S/C37H60N2O9/c1-10-18-38-34(41)20-29-21-37(22-44-37)35(47-28(9)43-11-2)32(48-29)16-13-24(5)12-15-31-25(6)19-30(27(8)46-31)39-33(40)17-14-26(7)45-36(42)23(3)4/h12-14,16-17,23,25-32,35H,10-11,15,18-22H2,1-9H3,(H,38,41)(H,39,40)/t25-,26?,27+,28?,29+,30+,31-,32+,35+,37+/m0/s1. The van der Waals surface area contributed by atoms with Crippen molar-refractivity contribution in [3.8, 4) is 0 Å². The van der Waals surface area contributed by atoms with Gasteiger partial charge < -0.3 is 39.1 Å². The molecule has 10 atom stereocenters. The Labute approximate surface area is 287 Å². The average molecular weight is 677 g/mol. The van der Waals surface area contributed by atoms with Crippen LogP contribution in [0, 0.1) is 11.8 Å². The Hall–Kier alpha value is -2.57. The van der Waals surface area contributed by atoms with E-state index in [2.05, 4.69) is 23.6 Å². The van der Waals surface area contributed by atoms with E-state index in [1.807, 2.05) is 46.8 Å². The Bertz CT molecular complexity index is 1150. The summed E-state index contributed by atoms with van der Waals surface area (Å²) in [6.45, 7) is 19.0. The molecule has 11 nitrogen and oxygen atoms in total. The molecule has 2 unspecified atom stereocenters. The molecule has 0 aliphatic carbocycles. The number of ether oxygens (including phenoxy) is 6. The second-order valence-corrected chi connectivity index (χ2v) is 13.8. The van der Waals surface area contributed by atoms with Crippen LogP contribution in [-0.4, -0.2) is 92.1 Å². The van der Waals surface area contributed by atoms with Gasteiger partial charge in [-0.25, -0.2) is 0 Å². The van der Waals surface area contributed by atoms with E-state index in [9.17, 15) is 14.4 Å². The van der Waals surface area contributed by atoms with Gasteiger partial charge in [0.2, 0.25) is 11.8 Å². The number of amides is 2. The second kappa shape index (κ2) is 19.0. The molecule has 3 aliphatic rings. The van der Waals surface area contributed by atoms with Crippen molar-refractivity contribution in [2.45, 2.75) is 149 Å². The number of epoxide rings is 1. The Morgan fingerprint density at radius 3 is 2.44 bits per heavy atom. The molecule has 0 saturated carbocycles. The molecule has 3 heterocycles. The molecular weight excluding hydrogens is 616 g/mol. The third kappa shape index (κ3) is 12.4. The van der Waals surface area contributed by atoms with Crippen molar-refractivity contribution in [2.75, 3.05) is 19.8 Å². The topological polar surface area (TPSA) is 134 Å². The smallest absolute Gasteiger partial charge is 0.308 e. The van der Waals surface area contributed by atoms with Crippen LogP contribution in [0.1, 0.15) is 94.4 Å². The molecule has 0 aromatic carbocycles. The maximum Gasteiger partial charge on any atom is 0.308 e. The summed E-state index contributed by atoms with van der Waals surface area (Å²) >= 11 is 0. The zero-order valence-electron chi connectivity index (χ0n) is 30.5. The van der Waals surface area contributed by atoms with E-state index in [1.54, 1.807) is 26.8 Å². The molecule has 3 saturated heterocycles. The number of hydrogen-bond donors (Lipinski definition) is 2. The highest BCUT2D eigenvalue weighted by Crippen LogP contribution is 2.45. The number of hydrogen-bond acceptors (Lipinski definition) is 9. The molecule has 0 aromatic rings. The highest BCUT2D eigenvalue weighted by Gasteiger charge is 2.60. The van der Waals surface area contributed by atoms with Gasteiger partial charge in [-0.1, -0.05) is 51.5 Å². The predicted molar refractivity (Wildman–Crippen MR) is 183 cm³/mol. The third-order valence-corrected chi connectivity index (χ3v) is 9.04. The first-order chi connectivity index (χ1) is 22.8. The lowest BCUT2D eigenvalue weighted by Gasteiger charge is -2.40. The van der Waals surface area contributed by atoms with Gasteiger partial charge in [0.1, 0.15) is 23.9 Å². The van der Waals surface area contributed by atoms with Crippen LogP contribution >= 0.6 is 0 Å². The Morgan fingerprint density at radius 2 is 1.79 bits per heavy atom. The number of rotatable bonds is 17. The Morgan fingerprint density at radius 1 is 1.06 bits per heavy atom. The normalized spacial score (nSPS) is 32.0. The number of nitrogens with one attached hydrogen (secondary N) is 2. The highest BCUT2D eigenvalue weighted by molar-refractivity contribution is 5.87. The van der Waals surface area contributed by atoms with Crippen LogP contribution in [0.3, 0.4) is 0 Å². The Kier molecular flexibility index (Phi) is 15.8.